The summed E-state index contributed by atoms with van der Waals surface area (Å²) in [4.78, 5) is 13.4. The van der Waals surface area contributed by atoms with E-state index in [-0.39, 0.29) is 0 Å². The van der Waals surface area contributed by atoms with Crippen LogP contribution in [0, 0.1) is 0 Å². The number of rotatable bonds is 2. The van der Waals surface area contributed by atoms with Crippen molar-refractivity contribution in [2.24, 2.45) is 0 Å². The molecule has 2 saturated heterocycles. The average Bonchev–Trinajstić information content (AvgIpc) is 2.88. The first kappa shape index (κ1) is 13.1. The Bertz CT molecular complexity index is 431. The quantitative estimate of drug-likeness (QED) is 0.808. The van der Waals surface area contributed by atoms with Crippen molar-refractivity contribution in [3.8, 4) is 0 Å². The van der Waals surface area contributed by atoms with E-state index in [0.717, 1.165) is 56.4 Å². The average molecular weight is 328 g/mol. The van der Waals surface area contributed by atoms with Gasteiger partial charge >= 0.3 is 0 Å². The van der Waals surface area contributed by atoms with E-state index in [1.807, 2.05) is 0 Å². The van der Waals surface area contributed by atoms with Crippen molar-refractivity contribution < 1.29 is 4.74 Å². The summed E-state index contributed by atoms with van der Waals surface area (Å²) in [6.45, 7) is 5.70. The van der Waals surface area contributed by atoms with Crippen LogP contribution in [-0.2, 0) is 4.74 Å². The van der Waals surface area contributed by atoms with Gasteiger partial charge in [-0.2, -0.15) is 4.98 Å². The van der Waals surface area contributed by atoms with Crippen molar-refractivity contribution in [3.05, 3.63) is 10.7 Å². The molecule has 0 aromatic carbocycles. The maximum Gasteiger partial charge on any atom is 0.228 e. The molecule has 0 saturated carbocycles. The predicted octanol–water partition coefficient (Wildman–Crippen LogP) is 0.732. The van der Waals surface area contributed by atoms with Crippen LogP contribution < -0.4 is 10.6 Å². The maximum absolute atomic E-state index is 5.77. The van der Waals surface area contributed by atoms with Crippen LogP contribution in [0.1, 0.15) is 6.42 Å². The van der Waals surface area contributed by atoms with Gasteiger partial charge in [-0.25, -0.2) is 4.98 Å². The Kier molecular flexibility index (Phi) is 3.86. The van der Waals surface area contributed by atoms with E-state index in [1.54, 1.807) is 6.07 Å². The smallest absolute Gasteiger partial charge is 0.228 e. The van der Waals surface area contributed by atoms with Crippen molar-refractivity contribution in [3.63, 3.8) is 0 Å². The second-order valence-corrected chi connectivity index (χ2v) is 5.76. The Hall–Kier alpha value is -0.920. The van der Waals surface area contributed by atoms with Crippen molar-refractivity contribution in [2.45, 2.75) is 12.5 Å². The third kappa shape index (κ3) is 2.98. The minimum absolute atomic E-state index is 0.506. The third-order valence-corrected chi connectivity index (χ3v) is 4.12. The van der Waals surface area contributed by atoms with Crippen LogP contribution in [0.4, 0.5) is 11.8 Å². The number of nitrogen functional groups attached to an aromatic ring is 1. The molecule has 0 bridgehead atoms. The fourth-order valence-corrected chi connectivity index (χ4v) is 3.12. The number of nitrogens with zero attached hydrogens (tertiary/aromatic N) is 4. The fraction of sp³-hybridized carbons (Fsp3) is 0.667. The highest BCUT2D eigenvalue weighted by Gasteiger charge is 2.30. The van der Waals surface area contributed by atoms with Gasteiger partial charge in [0, 0.05) is 38.3 Å². The Balaban J connectivity index is 1.67. The molecule has 2 N–H and O–H groups in total. The Morgan fingerprint density at radius 3 is 2.79 bits per heavy atom. The number of ether oxygens (including phenoxy) is 1. The minimum Gasteiger partial charge on any atom is -0.383 e. The summed E-state index contributed by atoms with van der Waals surface area (Å²) in [6.07, 6.45) is 1.15. The Labute approximate surface area is 121 Å². The molecule has 7 heteroatoms. The topological polar surface area (TPSA) is 67.5 Å². The van der Waals surface area contributed by atoms with Gasteiger partial charge in [0.25, 0.3) is 0 Å². The zero-order valence-electron chi connectivity index (χ0n) is 10.8. The lowest BCUT2D eigenvalue weighted by atomic mass is 10.2. The number of hydrogen-bond acceptors (Lipinski definition) is 6. The first-order chi connectivity index (χ1) is 9.22. The molecule has 3 rings (SSSR count). The second-order valence-electron chi connectivity index (χ2n) is 4.95. The maximum atomic E-state index is 5.77. The molecule has 0 radical (unpaired) electrons. The van der Waals surface area contributed by atoms with Crippen LogP contribution in [0.25, 0.3) is 0 Å². The van der Waals surface area contributed by atoms with E-state index in [0.29, 0.717) is 11.9 Å². The lowest BCUT2D eigenvalue weighted by Gasteiger charge is -2.32. The summed E-state index contributed by atoms with van der Waals surface area (Å²) in [5, 5.41) is 0. The summed E-state index contributed by atoms with van der Waals surface area (Å²) in [5.74, 6) is 1.23. The van der Waals surface area contributed by atoms with Crippen molar-refractivity contribution in [1.82, 2.24) is 14.9 Å². The number of morpholine rings is 1. The van der Waals surface area contributed by atoms with Crippen LogP contribution >= 0.6 is 15.9 Å². The monoisotopic (exact) mass is 327 g/mol. The van der Waals surface area contributed by atoms with E-state index in [9.17, 15) is 0 Å². The molecule has 0 spiro atoms. The molecule has 19 heavy (non-hydrogen) atoms. The molecule has 0 aliphatic carbocycles. The molecule has 0 amide bonds. The molecule has 1 aromatic rings. The highest BCUT2D eigenvalue weighted by atomic mass is 79.9. The van der Waals surface area contributed by atoms with Crippen LogP contribution in [0.15, 0.2) is 10.7 Å². The van der Waals surface area contributed by atoms with Crippen molar-refractivity contribution in [2.75, 3.05) is 50.0 Å². The molecular formula is C12H18BrN5O. The molecule has 3 heterocycles. The number of aromatic nitrogens is 2. The van der Waals surface area contributed by atoms with E-state index >= 15 is 0 Å². The molecule has 1 aromatic heterocycles. The van der Waals surface area contributed by atoms with Gasteiger partial charge < -0.3 is 15.4 Å². The molecule has 6 nitrogen and oxygen atoms in total. The van der Waals surface area contributed by atoms with E-state index in [1.165, 1.54) is 0 Å². The Morgan fingerprint density at radius 1 is 1.26 bits per heavy atom. The first-order valence-corrected chi connectivity index (χ1v) is 7.38. The van der Waals surface area contributed by atoms with Gasteiger partial charge in [-0.3, -0.25) is 4.90 Å². The van der Waals surface area contributed by atoms with E-state index < -0.39 is 0 Å². The van der Waals surface area contributed by atoms with E-state index in [4.69, 9.17) is 10.5 Å². The normalized spacial score (nSPS) is 24.9. The second kappa shape index (κ2) is 5.60. The van der Waals surface area contributed by atoms with Gasteiger partial charge in [-0.05, 0) is 22.4 Å². The molecule has 2 aliphatic rings. The number of halogens is 1. The standard InChI is InChI=1S/C12H18BrN5O/c13-10-7-11(14)16-12(15-10)18-2-1-9(8-18)17-3-5-19-6-4-17/h7,9H,1-6,8H2,(H2,14,15,16). The van der Waals surface area contributed by atoms with Crippen LogP contribution in [0.5, 0.6) is 0 Å². The number of hydrogen-bond donors (Lipinski definition) is 1. The molecule has 2 fully saturated rings. The van der Waals surface area contributed by atoms with Gasteiger partial charge in [0.05, 0.1) is 13.2 Å². The predicted molar refractivity (Wildman–Crippen MR) is 77.2 cm³/mol. The summed E-state index contributed by atoms with van der Waals surface area (Å²) < 4.78 is 6.14. The summed E-state index contributed by atoms with van der Waals surface area (Å²) in [6, 6.07) is 2.30. The van der Waals surface area contributed by atoms with Crippen LogP contribution in [0.3, 0.4) is 0 Å². The summed E-state index contributed by atoms with van der Waals surface area (Å²) in [5.41, 5.74) is 5.77. The molecule has 1 atom stereocenters. The highest BCUT2D eigenvalue weighted by molar-refractivity contribution is 9.10. The molecule has 2 aliphatic heterocycles. The zero-order valence-corrected chi connectivity index (χ0v) is 12.3. The Morgan fingerprint density at radius 2 is 2.05 bits per heavy atom. The van der Waals surface area contributed by atoms with Crippen molar-refractivity contribution >= 4 is 27.7 Å². The first-order valence-electron chi connectivity index (χ1n) is 6.59. The van der Waals surface area contributed by atoms with Crippen molar-refractivity contribution in [1.29, 1.82) is 0 Å². The lowest BCUT2D eigenvalue weighted by Crippen LogP contribution is -2.44. The fourth-order valence-electron chi connectivity index (χ4n) is 2.73. The molecular weight excluding hydrogens is 310 g/mol. The largest absolute Gasteiger partial charge is 0.383 e. The van der Waals surface area contributed by atoms with E-state index in [2.05, 4.69) is 35.7 Å². The highest BCUT2D eigenvalue weighted by Crippen LogP contribution is 2.23. The number of anilines is 2. The molecule has 1 unspecified atom stereocenters. The summed E-state index contributed by atoms with van der Waals surface area (Å²) >= 11 is 3.37. The van der Waals surface area contributed by atoms with Gasteiger partial charge in [0.1, 0.15) is 10.4 Å². The third-order valence-electron chi connectivity index (χ3n) is 3.71. The number of nitrogens with two attached hydrogens (primary N) is 1. The van der Waals surface area contributed by atoms with Gasteiger partial charge in [0.15, 0.2) is 0 Å². The lowest BCUT2D eigenvalue weighted by molar-refractivity contribution is 0.0209. The zero-order chi connectivity index (χ0) is 13.2. The SMILES string of the molecule is Nc1cc(Br)nc(N2CCC(N3CCOCC3)C2)n1. The van der Waals surface area contributed by atoms with Crippen LogP contribution in [0.2, 0.25) is 0 Å². The molecule has 104 valence electrons. The van der Waals surface area contributed by atoms with Gasteiger partial charge in [0.2, 0.25) is 5.95 Å². The van der Waals surface area contributed by atoms with Crippen LogP contribution in [-0.4, -0.2) is 60.3 Å². The minimum atomic E-state index is 0.506. The van der Waals surface area contributed by atoms with Gasteiger partial charge in [-0.1, -0.05) is 0 Å². The summed E-state index contributed by atoms with van der Waals surface area (Å²) in [7, 11) is 0. The van der Waals surface area contributed by atoms with Gasteiger partial charge in [-0.15, -0.1) is 0 Å².